The number of carboxylic acid groups (broad SMARTS) is 1. The van der Waals surface area contributed by atoms with E-state index in [4.69, 9.17) is 9.52 Å². The number of rotatable bonds is 3. The van der Waals surface area contributed by atoms with Gasteiger partial charge in [0.25, 0.3) is 0 Å². The van der Waals surface area contributed by atoms with Crippen LogP contribution < -0.4 is 0 Å². The summed E-state index contributed by atoms with van der Waals surface area (Å²) >= 11 is 0. The zero-order valence-electron chi connectivity index (χ0n) is 10.0. The van der Waals surface area contributed by atoms with Gasteiger partial charge < -0.3 is 14.1 Å². The Labute approximate surface area is 111 Å². The lowest BCUT2D eigenvalue weighted by molar-refractivity contribution is -0.137. The number of benzene rings is 1. The number of carbonyl (C=O) groups is 1. The molecule has 0 radical (unpaired) electrons. The van der Waals surface area contributed by atoms with Crippen LogP contribution in [0, 0.1) is 11.6 Å². The van der Waals surface area contributed by atoms with Crippen LogP contribution in [-0.4, -0.2) is 20.6 Å². The maximum atomic E-state index is 14.4. The molecule has 102 valence electrons. The van der Waals surface area contributed by atoms with Crippen molar-refractivity contribution in [2.24, 2.45) is 0 Å². The van der Waals surface area contributed by atoms with Crippen LogP contribution in [0.2, 0.25) is 0 Å². The summed E-state index contributed by atoms with van der Waals surface area (Å²) in [4.78, 5) is 14.8. The highest BCUT2D eigenvalue weighted by Crippen LogP contribution is 2.32. The van der Waals surface area contributed by atoms with Crippen molar-refractivity contribution in [1.82, 2.24) is 9.55 Å². The molecule has 0 aliphatic carbocycles. The Morgan fingerprint density at radius 1 is 1.40 bits per heavy atom. The average Bonchev–Trinajstić information content (AvgIpc) is 2.98. The van der Waals surface area contributed by atoms with Gasteiger partial charge in [-0.3, -0.25) is 4.79 Å². The van der Waals surface area contributed by atoms with Crippen molar-refractivity contribution in [3.8, 4) is 11.6 Å². The van der Waals surface area contributed by atoms with Crippen LogP contribution in [0.4, 0.5) is 8.78 Å². The topological polar surface area (TPSA) is 68.3 Å². The molecule has 0 aliphatic heterocycles. The zero-order valence-corrected chi connectivity index (χ0v) is 10.0. The molecule has 0 atom stereocenters. The van der Waals surface area contributed by atoms with Gasteiger partial charge in [0.1, 0.15) is 24.3 Å². The predicted molar refractivity (Wildman–Crippen MR) is 65.0 cm³/mol. The van der Waals surface area contributed by atoms with Crippen molar-refractivity contribution in [3.05, 3.63) is 42.3 Å². The molecule has 0 amide bonds. The van der Waals surface area contributed by atoms with Crippen LogP contribution in [0.15, 0.2) is 35.1 Å². The molecular formula is C13H8F2N2O3. The second kappa shape index (κ2) is 4.44. The van der Waals surface area contributed by atoms with Crippen molar-refractivity contribution < 1.29 is 23.1 Å². The molecule has 0 aliphatic rings. The van der Waals surface area contributed by atoms with Gasteiger partial charge in [-0.1, -0.05) is 0 Å². The second-order valence-electron chi connectivity index (χ2n) is 4.14. The second-order valence-corrected chi connectivity index (χ2v) is 4.14. The molecule has 2 aromatic heterocycles. The first-order valence-corrected chi connectivity index (χ1v) is 5.67. The summed E-state index contributed by atoms with van der Waals surface area (Å²) in [5.41, 5.74) is 0.150. The Morgan fingerprint density at radius 2 is 2.20 bits per heavy atom. The SMILES string of the molecule is O=C(O)Cn1c(-c2ncco2)c(F)c2cc(F)ccc21. The Kier molecular flexibility index (Phi) is 2.74. The standard InChI is InChI=1S/C13H8F2N2O3/c14-7-1-2-9-8(5-7)11(15)12(13-16-3-4-20-13)17(9)6-10(18)19/h1-5H,6H2,(H,18,19). The molecule has 0 bridgehead atoms. The van der Waals surface area contributed by atoms with E-state index in [9.17, 15) is 13.6 Å². The number of fused-ring (bicyclic) bond motifs is 1. The van der Waals surface area contributed by atoms with Crippen LogP contribution in [-0.2, 0) is 11.3 Å². The molecule has 0 saturated carbocycles. The van der Waals surface area contributed by atoms with Gasteiger partial charge in [0.15, 0.2) is 5.82 Å². The molecule has 3 rings (SSSR count). The van der Waals surface area contributed by atoms with E-state index in [-0.39, 0.29) is 22.5 Å². The van der Waals surface area contributed by atoms with E-state index in [2.05, 4.69) is 4.98 Å². The third kappa shape index (κ3) is 1.83. The minimum absolute atomic E-state index is 0.0144. The number of carboxylic acids is 1. The van der Waals surface area contributed by atoms with Crippen LogP contribution in [0.3, 0.4) is 0 Å². The minimum atomic E-state index is -1.15. The molecule has 1 aromatic carbocycles. The predicted octanol–water partition coefficient (Wildman–Crippen LogP) is 2.66. The summed E-state index contributed by atoms with van der Waals surface area (Å²) in [5, 5.41) is 8.93. The molecule has 0 unspecified atom stereocenters. The number of nitrogens with zero attached hydrogens (tertiary/aromatic N) is 2. The molecule has 0 spiro atoms. The first-order valence-electron chi connectivity index (χ1n) is 5.67. The van der Waals surface area contributed by atoms with Gasteiger partial charge in [-0.15, -0.1) is 0 Å². The lowest BCUT2D eigenvalue weighted by atomic mass is 10.2. The average molecular weight is 278 g/mol. The first-order chi connectivity index (χ1) is 9.58. The number of halogens is 2. The molecule has 0 saturated heterocycles. The van der Waals surface area contributed by atoms with Gasteiger partial charge >= 0.3 is 5.97 Å². The van der Waals surface area contributed by atoms with Crippen LogP contribution >= 0.6 is 0 Å². The highest BCUT2D eigenvalue weighted by Gasteiger charge is 2.23. The monoisotopic (exact) mass is 278 g/mol. The van der Waals surface area contributed by atoms with Gasteiger partial charge in [-0.2, -0.15) is 0 Å². The number of aromatic nitrogens is 2. The lowest BCUT2D eigenvalue weighted by Gasteiger charge is -2.04. The summed E-state index contributed by atoms with van der Waals surface area (Å²) in [6.45, 7) is -0.482. The van der Waals surface area contributed by atoms with E-state index in [0.717, 1.165) is 12.1 Å². The molecule has 3 aromatic rings. The fraction of sp³-hybridized carbons (Fsp3) is 0.0769. The minimum Gasteiger partial charge on any atom is -0.480 e. The van der Waals surface area contributed by atoms with E-state index in [0.29, 0.717) is 0 Å². The molecule has 2 heterocycles. The zero-order chi connectivity index (χ0) is 14.3. The van der Waals surface area contributed by atoms with Crippen molar-refractivity contribution in [2.45, 2.75) is 6.54 Å². The van der Waals surface area contributed by atoms with E-state index < -0.39 is 24.1 Å². The largest absolute Gasteiger partial charge is 0.480 e. The first kappa shape index (κ1) is 12.3. The highest BCUT2D eigenvalue weighted by molar-refractivity contribution is 5.88. The Morgan fingerprint density at radius 3 is 2.85 bits per heavy atom. The van der Waals surface area contributed by atoms with Crippen LogP contribution in [0.25, 0.3) is 22.5 Å². The summed E-state index contributed by atoms with van der Waals surface area (Å²) in [5.74, 6) is -2.58. The van der Waals surface area contributed by atoms with Crippen molar-refractivity contribution >= 4 is 16.9 Å². The molecule has 5 nitrogen and oxygen atoms in total. The summed E-state index contributed by atoms with van der Waals surface area (Å²) in [6.07, 6.45) is 2.57. The van der Waals surface area contributed by atoms with E-state index in [1.807, 2.05) is 0 Å². The maximum Gasteiger partial charge on any atom is 0.323 e. The molecular weight excluding hydrogens is 270 g/mol. The maximum absolute atomic E-state index is 14.4. The van der Waals surface area contributed by atoms with Crippen molar-refractivity contribution in [3.63, 3.8) is 0 Å². The van der Waals surface area contributed by atoms with Gasteiger partial charge in [-0.05, 0) is 18.2 Å². The van der Waals surface area contributed by atoms with Gasteiger partial charge in [0.05, 0.1) is 11.7 Å². The highest BCUT2D eigenvalue weighted by atomic mass is 19.1. The fourth-order valence-electron chi connectivity index (χ4n) is 2.14. The molecule has 20 heavy (non-hydrogen) atoms. The van der Waals surface area contributed by atoms with Gasteiger partial charge in [0.2, 0.25) is 5.89 Å². The summed E-state index contributed by atoms with van der Waals surface area (Å²) < 4.78 is 33.9. The van der Waals surface area contributed by atoms with Crippen LogP contribution in [0.1, 0.15) is 0 Å². The Bertz CT molecular complexity index is 794. The summed E-state index contributed by atoms with van der Waals surface area (Å²) in [6, 6.07) is 3.47. The lowest BCUT2D eigenvalue weighted by Crippen LogP contribution is -2.10. The fourth-order valence-corrected chi connectivity index (χ4v) is 2.14. The van der Waals surface area contributed by atoms with Crippen LogP contribution in [0.5, 0.6) is 0 Å². The smallest absolute Gasteiger partial charge is 0.323 e. The number of hydrogen-bond acceptors (Lipinski definition) is 3. The Hall–Kier alpha value is -2.70. The van der Waals surface area contributed by atoms with E-state index in [1.165, 1.54) is 23.1 Å². The van der Waals surface area contributed by atoms with Gasteiger partial charge in [0, 0.05) is 5.39 Å². The third-order valence-electron chi connectivity index (χ3n) is 2.89. The summed E-state index contributed by atoms with van der Waals surface area (Å²) in [7, 11) is 0. The number of aliphatic carboxylic acids is 1. The quantitative estimate of drug-likeness (QED) is 0.799. The molecule has 1 N–H and O–H groups in total. The third-order valence-corrected chi connectivity index (χ3v) is 2.89. The Balaban J connectivity index is 2.36. The number of hydrogen-bond donors (Lipinski definition) is 1. The molecule has 7 heteroatoms. The van der Waals surface area contributed by atoms with Gasteiger partial charge in [-0.25, -0.2) is 13.8 Å². The van der Waals surface area contributed by atoms with E-state index in [1.54, 1.807) is 0 Å². The number of oxazole rings is 1. The van der Waals surface area contributed by atoms with Crippen molar-refractivity contribution in [1.29, 1.82) is 0 Å². The van der Waals surface area contributed by atoms with E-state index >= 15 is 0 Å². The molecule has 0 fully saturated rings. The van der Waals surface area contributed by atoms with Crippen molar-refractivity contribution in [2.75, 3.05) is 0 Å². The normalized spacial score (nSPS) is 11.1.